The summed E-state index contributed by atoms with van der Waals surface area (Å²) in [5.41, 5.74) is -0.0956. The fourth-order valence-corrected chi connectivity index (χ4v) is 1.90. The van der Waals surface area contributed by atoms with Crippen LogP contribution >= 0.6 is 0 Å². The number of anilines is 1. The largest absolute Gasteiger partial charge is 0.478 e. The summed E-state index contributed by atoms with van der Waals surface area (Å²) in [6.45, 7) is 2.12. The second-order valence-corrected chi connectivity index (χ2v) is 4.71. The zero-order chi connectivity index (χ0) is 15.0. The van der Waals surface area contributed by atoms with Crippen LogP contribution in [0.3, 0.4) is 0 Å². The lowest BCUT2D eigenvalue weighted by molar-refractivity contribution is -0.116. The Labute approximate surface area is 118 Å². The third-order valence-electron chi connectivity index (χ3n) is 2.99. The zero-order valence-corrected chi connectivity index (χ0v) is 11.6. The van der Waals surface area contributed by atoms with Gasteiger partial charge in [0.2, 0.25) is 5.91 Å². The molecule has 5 heteroatoms. The van der Waals surface area contributed by atoms with Gasteiger partial charge >= 0.3 is 5.97 Å². The fourth-order valence-electron chi connectivity index (χ4n) is 1.90. The summed E-state index contributed by atoms with van der Waals surface area (Å²) in [7, 11) is 0. The topological polar surface area (TPSA) is 66.4 Å². The van der Waals surface area contributed by atoms with Crippen molar-refractivity contribution in [1.29, 1.82) is 0 Å². The highest BCUT2D eigenvalue weighted by atomic mass is 19.1. The smallest absolute Gasteiger partial charge is 0.337 e. The number of carbonyl (C=O) groups excluding carboxylic acids is 1. The van der Waals surface area contributed by atoms with Crippen molar-refractivity contribution in [2.75, 3.05) is 5.32 Å². The first-order chi connectivity index (χ1) is 9.54. The molecule has 0 heterocycles. The molecule has 1 rings (SSSR count). The van der Waals surface area contributed by atoms with E-state index in [0.717, 1.165) is 44.2 Å². The van der Waals surface area contributed by atoms with E-state index in [0.29, 0.717) is 6.42 Å². The van der Waals surface area contributed by atoms with Crippen LogP contribution in [-0.4, -0.2) is 17.0 Å². The summed E-state index contributed by atoms with van der Waals surface area (Å²) >= 11 is 0. The summed E-state index contributed by atoms with van der Waals surface area (Å²) in [6, 6.07) is 3.30. The number of rotatable bonds is 8. The molecule has 0 aliphatic carbocycles. The number of carbonyl (C=O) groups is 2. The SMILES string of the molecule is CCCCCCCC(=O)Nc1ccc(F)cc1C(=O)O. The summed E-state index contributed by atoms with van der Waals surface area (Å²) in [6.07, 6.45) is 5.50. The third-order valence-corrected chi connectivity index (χ3v) is 2.99. The van der Waals surface area contributed by atoms with Gasteiger partial charge in [-0.25, -0.2) is 9.18 Å². The molecule has 0 saturated heterocycles. The average molecular weight is 281 g/mol. The first-order valence-electron chi connectivity index (χ1n) is 6.87. The maximum Gasteiger partial charge on any atom is 0.337 e. The van der Waals surface area contributed by atoms with Crippen molar-refractivity contribution >= 4 is 17.6 Å². The Hall–Kier alpha value is -1.91. The quantitative estimate of drug-likeness (QED) is 0.712. The number of hydrogen-bond donors (Lipinski definition) is 2. The Morgan fingerprint density at radius 1 is 1.20 bits per heavy atom. The first-order valence-corrected chi connectivity index (χ1v) is 6.87. The standard InChI is InChI=1S/C15H20FNO3/c1-2-3-4-5-6-7-14(18)17-13-9-8-11(16)10-12(13)15(19)20/h8-10H,2-7H2,1H3,(H,17,18)(H,19,20). The lowest BCUT2D eigenvalue weighted by Gasteiger charge is -2.08. The van der Waals surface area contributed by atoms with Crippen molar-refractivity contribution in [1.82, 2.24) is 0 Å². The van der Waals surface area contributed by atoms with Crippen LogP contribution in [0.4, 0.5) is 10.1 Å². The van der Waals surface area contributed by atoms with Crippen LogP contribution in [0.5, 0.6) is 0 Å². The van der Waals surface area contributed by atoms with E-state index < -0.39 is 11.8 Å². The molecule has 0 aliphatic heterocycles. The molecule has 0 saturated carbocycles. The summed E-state index contributed by atoms with van der Waals surface area (Å²) in [5.74, 6) is -2.14. The molecule has 1 aromatic carbocycles. The number of benzene rings is 1. The number of aromatic carboxylic acids is 1. The minimum Gasteiger partial charge on any atom is -0.478 e. The lowest BCUT2D eigenvalue weighted by Crippen LogP contribution is -2.14. The van der Waals surface area contributed by atoms with Gasteiger partial charge in [-0.1, -0.05) is 32.6 Å². The molecule has 0 radical (unpaired) electrons. The molecule has 4 nitrogen and oxygen atoms in total. The molecular formula is C15H20FNO3. The van der Waals surface area contributed by atoms with E-state index in [4.69, 9.17) is 5.11 Å². The monoisotopic (exact) mass is 281 g/mol. The van der Waals surface area contributed by atoms with Crippen LogP contribution in [0, 0.1) is 5.82 Å². The Bertz CT molecular complexity index is 474. The summed E-state index contributed by atoms with van der Waals surface area (Å²) < 4.78 is 13.0. The number of nitrogens with one attached hydrogen (secondary N) is 1. The minimum atomic E-state index is -1.26. The Morgan fingerprint density at radius 2 is 1.90 bits per heavy atom. The molecule has 20 heavy (non-hydrogen) atoms. The molecule has 0 atom stereocenters. The second kappa shape index (κ2) is 8.30. The van der Waals surface area contributed by atoms with E-state index >= 15 is 0 Å². The molecule has 2 N–H and O–H groups in total. The van der Waals surface area contributed by atoms with Gasteiger partial charge in [-0.05, 0) is 24.6 Å². The predicted octanol–water partition coefficient (Wildman–Crippen LogP) is 3.82. The lowest BCUT2D eigenvalue weighted by atomic mass is 10.1. The van der Waals surface area contributed by atoms with Crippen LogP contribution < -0.4 is 5.32 Å². The van der Waals surface area contributed by atoms with Crippen molar-refractivity contribution in [3.05, 3.63) is 29.6 Å². The van der Waals surface area contributed by atoms with E-state index in [-0.39, 0.29) is 17.2 Å². The van der Waals surface area contributed by atoms with Gasteiger partial charge in [0.25, 0.3) is 0 Å². The molecular weight excluding hydrogens is 261 g/mol. The molecule has 0 aliphatic rings. The summed E-state index contributed by atoms with van der Waals surface area (Å²) in [5, 5.41) is 11.5. The highest BCUT2D eigenvalue weighted by Gasteiger charge is 2.13. The molecule has 0 spiro atoms. The minimum absolute atomic E-state index is 0.137. The highest BCUT2D eigenvalue weighted by molar-refractivity contribution is 6.00. The number of halogens is 1. The Balaban J connectivity index is 2.51. The Kier molecular flexibility index (Phi) is 6.70. The summed E-state index contributed by atoms with van der Waals surface area (Å²) in [4.78, 5) is 22.7. The molecule has 0 bridgehead atoms. The van der Waals surface area contributed by atoms with Crippen molar-refractivity contribution in [3.8, 4) is 0 Å². The first kappa shape index (κ1) is 16.1. The molecule has 0 fully saturated rings. The molecule has 1 amide bonds. The maximum atomic E-state index is 13.0. The van der Waals surface area contributed by atoms with E-state index in [2.05, 4.69) is 12.2 Å². The Morgan fingerprint density at radius 3 is 2.55 bits per heavy atom. The van der Waals surface area contributed by atoms with Gasteiger partial charge in [-0.2, -0.15) is 0 Å². The van der Waals surface area contributed by atoms with E-state index in [9.17, 15) is 14.0 Å². The maximum absolute atomic E-state index is 13.0. The number of unbranched alkanes of at least 4 members (excludes halogenated alkanes) is 4. The van der Waals surface area contributed by atoms with E-state index in [1.165, 1.54) is 6.07 Å². The van der Waals surface area contributed by atoms with E-state index in [1.807, 2.05) is 0 Å². The van der Waals surface area contributed by atoms with Gasteiger partial charge in [0.15, 0.2) is 0 Å². The van der Waals surface area contributed by atoms with Gasteiger partial charge in [-0.3, -0.25) is 4.79 Å². The number of amides is 1. The predicted molar refractivity (Wildman–Crippen MR) is 75.4 cm³/mol. The number of carboxylic acid groups (broad SMARTS) is 1. The van der Waals surface area contributed by atoms with Gasteiger partial charge < -0.3 is 10.4 Å². The van der Waals surface area contributed by atoms with Crippen LogP contribution in [-0.2, 0) is 4.79 Å². The molecule has 0 unspecified atom stereocenters. The van der Waals surface area contributed by atoms with Crippen molar-refractivity contribution in [2.45, 2.75) is 45.4 Å². The zero-order valence-electron chi connectivity index (χ0n) is 11.6. The second-order valence-electron chi connectivity index (χ2n) is 4.71. The van der Waals surface area contributed by atoms with Crippen LogP contribution in [0.25, 0.3) is 0 Å². The highest BCUT2D eigenvalue weighted by Crippen LogP contribution is 2.18. The van der Waals surface area contributed by atoms with Gasteiger partial charge in [0.05, 0.1) is 11.3 Å². The van der Waals surface area contributed by atoms with Crippen molar-refractivity contribution in [3.63, 3.8) is 0 Å². The third kappa shape index (κ3) is 5.38. The van der Waals surface area contributed by atoms with Crippen LogP contribution in [0.2, 0.25) is 0 Å². The van der Waals surface area contributed by atoms with Gasteiger partial charge in [-0.15, -0.1) is 0 Å². The fraction of sp³-hybridized carbons (Fsp3) is 0.467. The average Bonchev–Trinajstić information content (AvgIpc) is 2.40. The molecule has 110 valence electrons. The van der Waals surface area contributed by atoms with Gasteiger partial charge in [0.1, 0.15) is 5.82 Å². The number of hydrogen-bond acceptors (Lipinski definition) is 2. The molecule has 0 aromatic heterocycles. The van der Waals surface area contributed by atoms with Crippen molar-refractivity contribution < 1.29 is 19.1 Å². The van der Waals surface area contributed by atoms with E-state index in [1.54, 1.807) is 0 Å². The van der Waals surface area contributed by atoms with Crippen molar-refractivity contribution in [2.24, 2.45) is 0 Å². The molecule has 1 aromatic rings. The van der Waals surface area contributed by atoms with Gasteiger partial charge in [0, 0.05) is 6.42 Å². The van der Waals surface area contributed by atoms with Crippen LogP contribution in [0.1, 0.15) is 55.8 Å². The normalized spacial score (nSPS) is 10.3. The number of carboxylic acids is 1. The van der Waals surface area contributed by atoms with Crippen LogP contribution in [0.15, 0.2) is 18.2 Å².